The van der Waals surface area contributed by atoms with Crippen molar-refractivity contribution >= 4 is 67.8 Å². The molecule has 0 bridgehead atoms. The van der Waals surface area contributed by atoms with Gasteiger partial charge in [0.05, 0.1) is 53.0 Å². The van der Waals surface area contributed by atoms with Crippen LogP contribution in [-0.2, 0) is 27.2 Å². The molecule has 6 rings (SSSR count). The Balaban J connectivity index is 0.000000226. The molecule has 356 valence electrons. The van der Waals surface area contributed by atoms with Crippen molar-refractivity contribution in [2.75, 3.05) is 32.8 Å². The van der Waals surface area contributed by atoms with E-state index in [1.807, 2.05) is 5.32 Å². The van der Waals surface area contributed by atoms with Crippen LogP contribution in [-0.4, -0.2) is 77.8 Å². The predicted molar refractivity (Wildman–Crippen MR) is 224 cm³/mol. The molecule has 67 heavy (non-hydrogen) atoms. The van der Waals surface area contributed by atoms with Gasteiger partial charge in [-0.15, -0.1) is 0 Å². The van der Waals surface area contributed by atoms with Crippen molar-refractivity contribution in [3.05, 3.63) is 123 Å². The lowest BCUT2D eigenvalue weighted by Gasteiger charge is -2.13. The second-order valence-electron chi connectivity index (χ2n) is 12.4. The molecule has 3 N–H and O–H groups in total. The number of fused-ring (bicyclic) bond motifs is 1. The van der Waals surface area contributed by atoms with E-state index in [1.54, 1.807) is 37.4 Å². The molecule has 0 spiro atoms. The van der Waals surface area contributed by atoms with E-state index in [-0.39, 0.29) is 46.3 Å². The van der Waals surface area contributed by atoms with Crippen molar-refractivity contribution in [2.45, 2.75) is 24.3 Å². The van der Waals surface area contributed by atoms with Gasteiger partial charge in [-0.25, -0.2) is 19.3 Å². The van der Waals surface area contributed by atoms with Gasteiger partial charge in [-0.05, 0) is 67.6 Å². The number of rotatable bonds is 13. The summed E-state index contributed by atoms with van der Waals surface area (Å²) < 4.78 is 128. The number of benzene rings is 3. The number of hydrogen-bond donors (Lipinski definition) is 3. The van der Waals surface area contributed by atoms with Crippen molar-refractivity contribution in [1.82, 2.24) is 24.7 Å². The van der Waals surface area contributed by atoms with Crippen LogP contribution in [0.2, 0.25) is 10.0 Å². The minimum absolute atomic E-state index is 0.0101. The van der Waals surface area contributed by atoms with Crippen molar-refractivity contribution in [3.63, 3.8) is 0 Å². The molecular weight excluding hydrogens is 975 g/mol. The van der Waals surface area contributed by atoms with E-state index >= 15 is 0 Å². The van der Waals surface area contributed by atoms with Crippen molar-refractivity contribution in [3.8, 4) is 34.8 Å². The highest BCUT2D eigenvalue weighted by Crippen LogP contribution is 2.39. The normalized spacial score (nSPS) is 11.1. The molecule has 0 aliphatic rings. The SMILES string of the molecule is CCOc1cc(Oc2ccc(C(F)(F)F)cc2Cl)ccc1[N+](=O)[O-].COc1cc(OC)nc(NC(=O)NS(=O)(=O)c2ncccc2C(F)(F)F)n1.O=C(O)COc1ccc(Cl)c2cccnc12. The number of carbonyl (C=O) groups excluding carboxylic acids is 1. The number of nitro benzene ring substituents is 1. The van der Waals surface area contributed by atoms with Gasteiger partial charge in [0.15, 0.2) is 11.6 Å². The summed E-state index contributed by atoms with van der Waals surface area (Å²) in [4.78, 5) is 47.4. The third-order valence-corrected chi connectivity index (χ3v) is 9.74. The van der Waals surface area contributed by atoms with Crippen LogP contribution in [0.5, 0.6) is 34.8 Å². The zero-order valence-corrected chi connectivity index (χ0v) is 36.5. The van der Waals surface area contributed by atoms with Crippen LogP contribution in [0.3, 0.4) is 0 Å². The third-order valence-electron chi connectivity index (χ3n) is 7.83. The number of methoxy groups -OCH3 is 2. The first-order valence-electron chi connectivity index (χ1n) is 18.1. The number of halogens is 8. The highest BCUT2D eigenvalue weighted by molar-refractivity contribution is 7.90. The van der Waals surface area contributed by atoms with Gasteiger partial charge >= 0.3 is 30.0 Å². The van der Waals surface area contributed by atoms with E-state index in [1.165, 1.54) is 43.2 Å². The number of aliphatic carboxylic acids is 1. The summed E-state index contributed by atoms with van der Waals surface area (Å²) in [6.45, 7) is 1.46. The number of amides is 2. The summed E-state index contributed by atoms with van der Waals surface area (Å²) in [6, 6.07) is 14.5. The van der Waals surface area contributed by atoms with Crippen LogP contribution in [0, 0.1) is 10.1 Å². The molecule has 0 aliphatic heterocycles. The number of nitro groups is 1. The fourth-order valence-corrected chi connectivity index (χ4v) is 6.52. The molecule has 3 aromatic carbocycles. The molecule has 0 saturated heterocycles. The van der Waals surface area contributed by atoms with Gasteiger partial charge in [0.2, 0.25) is 23.5 Å². The maximum Gasteiger partial charge on any atom is 0.419 e. The number of nitrogens with one attached hydrogen (secondary N) is 2. The van der Waals surface area contributed by atoms with Crippen LogP contribution in [0.25, 0.3) is 10.9 Å². The number of urea groups is 1. The summed E-state index contributed by atoms with van der Waals surface area (Å²) in [5, 5.41) is 21.1. The number of nitrogens with zero attached hydrogens (tertiary/aromatic N) is 5. The predicted octanol–water partition coefficient (Wildman–Crippen LogP) is 9.23. The third kappa shape index (κ3) is 14.8. The molecule has 19 nitrogen and oxygen atoms in total. The van der Waals surface area contributed by atoms with Gasteiger partial charge in [-0.3, -0.25) is 20.4 Å². The quantitative estimate of drug-likeness (QED) is 0.0553. The minimum atomic E-state index is -4.99. The molecule has 6 aromatic rings. The minimum Gasteiger partial charge on any atom is -0.487 e. The van der Waals surface area contributed by atoms with Crippen molar-refractivity contribution < 1.29 is 78.1 Å². The number of pyridine rings is 2. The maximum absolute atomic E-state index is 12.9. The zero-order chi connectivity index (χ0) is 49.7. The average molecular weight is 1010 g/mol. The topological polar surface area (TPSA) is 253 Å². The van der Waals surface area contributed by atoms with Crippen LogP contribution in [0.1, 0.15) is 18.1 Å². The zero-order valence-electron chi connectivity index (χ0n) is 34.2. The Morgan fingerprint density at radius 3 is 2.03 bits per heavy atom. The first kappa shape index (κ1) is 52.2. The van der Waals surface area contributed by atoms with E-state index in [9.17, 15) is 54.5 Å². The van der Waals surface area contributed by atoms with Crippen molar-refractivity contribution in [1.29, 1.82) is 0 Å². The van der Waals surface area contributed by atoms with Crippen LogP contribution in [0.15, 0.2) is 96.3 Å². The molecule has 0 aliphatic carbocycles. The summed E-state index contributed by atoms with van der Waals surface area (Å²) in [6.07, 6.45) is -7.06. The molecule has 28 heteroatoms. The number of aromatic nitrogens is 4. The summed E-state index contributed by atoms with van der Waals surface area (Å²) in [5.74, 6) is -0.916. The number of carbonyl (C=O) groups is 2. The maximum atomic E-state index is 12.9. The van der Waals surface area contributed by atoms with Crippen LogP contribution >= 0.6 is 23.2 Å². The van der Waals surface area contributed by atoms with Crippen LogP contribution in [0.4, 0.5) is 42.8 Å². The Bertz CT molecular complexity index is 2840. The highest BCUT2D eigenvalue weighted by Gasteiger charge is 2.39. The van der Waals surface area contributed by atoms with Gasteiger partial charge in [-0.1, -0.05) is 23.2 Å². The summed E-state index contributed by atoms with van der Waals surface area (Å²) in [7, 11) is -2.39. The molecule has 2 amide bonds. The number of anilines is 1. The molecule has 0 atom stereocenters. The first-order chi connectivity index (χ1) is 31.5. The fourth-order valence-electron chi connectivity index (χ4n) is 5.02. The number of alkyl halides is 6. The largest absolute Gasteiger partial charge is 0.487 e. The summed E-state index contributed by atoms with van der Waals surface area (Å²) in [5.41, 5.74) is -2.11. The molecule has 3 aromatic heterocycles. The number of sulfonamides is 1. The number of carboxylic acid groups (broad SMARTS) is 1. The molecule has 0 saturated carbocycles. The van der Waals surface area contributed by atoms with Crippen molar-refractivity contribution in [2.24, 2.45) is 0 Å². The first-order valence-corrected chi connectivity index (χ1v) is 20.4. The molecule has 3 heterocycles. The number of ether oxygens (including phenoxy) is 5. The van der Waals surface area contributed by atoms with E-state index in [0.717, 1.165) is 35.8 Å². The molecule has 0 fully saturated rings. The Morgan fingerprint density at radius 1 is 0.806 bits per heavy atom. The Morgan fingerprint density at radius 2 is 1.45 bits per heavy atom. The average Bonchev–Trinajstić information content (AvgIpc) is 3.26. The second-order valence-corrected chi connectivity index (χ2v) is 14.8. The Hall–Kier alpha value is -7.45. The smallest absolute Gasteiger partial charge is 0.419 e. The van der Waals surface area contributed by atoms with E-state index in [0.29, 0.717) is 22.4 Å². The fraction of sp³-hybridized carbons (Fsp3) is 0.179. The lowest BCUT2D eigenvalue weighted by atomic mass is 10.2. The van der Waals surface area contributed by atoms with Crippen LogP contribution < -0.4 is 33.7 Å². The Labute approximate surface area is 383 Å². The second kappa shape index (κ2) is 22.6. The lowest BCUT2D eigenvalue weighted by molar-refractivity contribution is -0.385. The van der Waals surface area contributed by atoms with Gasteiger partial charge in [-0.2, -0.15) is 44.7 Å². The van der Waals surface area contributed by atoms with E-state index < -0.39 is 68.0 Å². The van der Waals surface area contributed by atoms with Gasteiger partial charge in [0.25, 0.3) is 10.0 Å². The molecule has 0 radical (unpaired) electrons. The van der Waals surface area contributed by atoms with Gasteiger partial charge < -0.3 is 28.8 Å². The Kier molecular flexibility index (Phi) is 17.6. The van der Waals surface area contributed by atoms with Gasteiger partial charge in [0, 0.05) is 29.9 Å². The lowest BCUT2D eigenvalue weighted by Crippen LogP contribution is -2.36. The molecular formula is C39H31Cl2F6N7O12S. The summed E-state index contributed by atoms with van der Waals surface area (Å²) >= 11 is 11.8. The monoisotopic (exact) mass is 1010 g/mol. The number of hydrogen-bond acceptors (Lipinski definition) is 15. The van der Waals surface area contributed by atoms with E-state index in [4.69, 9.17) is 52.0 Å². The number of carboxylic acids is 1. The van der Waals surface area contributed by atoms with E-state index in [2.05, 4.69) is 19.9 Å². The standard InChI is InChI=1S/C15H11ClF3NO4.C13H12F3N5O5S.C11H8ClNO3/c1-2-23-14-8-10(4-5-12(14)20(21)22)24-13-6-3-9(7-11(13)16)15(17,18)19;1-25-8-6-9(26-2)19-11(18-8)20-12(22)21-27(23,24)10-7(13(14,15)16)4-3-5-17-10;12-8-3-4-9(16-6-10(14)15)11-7(8)2-1-5-13-11/h3-8H,2H2,1H3;3-6H,1-2H3,(H2,18,19,20,21,22);1-5H,6H2,(H,14,15). The van der Waals surface area contributed by atoms with Gasteiger partial charge in [0.1, 0.15) is 22.8 Å². The molecule has 0 unspecified atom stereocenters. The highest BCUT2D eigenvalue weighted by atomic mass is 35.5.